The van der Waals surface area contributed by atoms with Gasteiger partial charge in [0, 0.05) is 13.0 Å². The Balaban J connectivity index is 1.79. The lowest BCUT2D eigenvalue weighted by Gasteiger charge is -2.16. The van der Waals surface area contributed by atoms with Gasteiger partial charge in [-0.25, -0.2) is 0 Å². The molecule has 0 aliphatic rings. The van der Waals surface area contributed by atoms with Gasteiger partial charge in [-0.3, -0.25) is 9.59 Å². The van der Waals surface area contributed by atoms with Gasteiger partial charge in [-0.05, 0) is 30.5 Å². The molecule has 164 valence electrons. The van der Waals surface area contributed by atoms with Crippen LogP contribution in [0, 0.1) is 0 Å². The van der Waals surface area contributed by atoms with Crippen molar-refractivity contribution in [1.29, 1.82) is 0 Å². The number of carbonyl (C=O) groups excluding carboxylic acids is 2. The van der Waals surface area contributed by atoms with Crippen molar-refractivity contribution >= 4 is 40.6 Å². The third-order valence-electron chi connectivity index (χ3n) is 4.18. The second-order valence-electron chi connectivity index (χ2n) is 6.44. The van der Waals surface area contributed by atoms with Crippen molar-refractivity contribution in [3.05, 3.63) is 47.3 Å². The summed E-state index contributed by atoms with van der Waals surface area (Å²) in [4.78, 5) is 24.7. The maximum atomic E-state index is 13.2. The zero-order chi connectivity index (χ0) is 22.6. The second kappa shape index (κ2) is 9.52. The number of anilines is 1. The standard InChI is InChI=1S/C19H18F3N5O2S2/c1-11(17(29)24-13-6-3-2-5-12(13)19(20,21)22)31-18-26-25-16(14-7-4-10-30-14)27(18)9-8-15(23)28/h2-7,10-11H,8-9H2,1H3,(H2,23,28)(H,24,29). The van der Waals surface area contributed by atoms with E-state index >= 15 is 0 Å². The van der Waals surface area contributed by atoms with Crippen LogP contribution in [0.5, 0.6) is 0 Å². The molecule has 0 saturated heterocycles. The Labute approximate surface area is 183 Å². The zero-order valence-corrected chi connectivity index (χ0v) is 17.9. The number of benzene rings is 1. The summed E-state index contributed by atoms with van der Waals surface area (Å²) in [6, 6.07) is 8.45. The van der Waals surface area contributed by atoms with Crippen molar-refractivity contribution in [2.24, 2.45) is 5.73 Å². The summed E-state index contributed by atoms with van der Waals surface area (Å²) >= 11 is 2.46. The van der Waals surface area contributed by atoms with Gasteiger partial charge in [-0.1, -0.05) is 30.0 Å². The molecule has 2 amide bonds. The Morgan fingerprint density at radius 1 is 1.23 bits per heavy atom. The minimum absolute atomic E-state index is 0.0451. The highest BCUT2D eigenvalue weighted by Gasteiger charge is 2.34. The van der Waals surface area contributed by atoms with Crippen LogP contribution >= 0.6 is 23.1 Å². The van der Waals surface area contributed by atoms with E-state index < -0.39 is 28.8 Å². The monoisotopic (exact) mass is 469 g/mol. The number of nitrogens with two attached hydrogens (primary N) is 1. The van der Waals surface area contributed by atoms with Crippen molar-refractivity contribution in [2.45, 2.75) is 36.5 Å². The predicted molar refractivity (Wildman–Crippen MR) is 113 cm³/mol. The molecule has 0 aliphatic heterocycles. The zero-order valence-electron chi connectivity index (χ0n) is 16.2. The molecule has 1 aromatic carbocycles. The topological polar surface area (TPSA) is 103 Å². The van der Waals surface area contributed by atoms with Gasteiger partial charge in [-0.2, -0.15) is 13.2 Å². The highest BCUT2D eigenvalue weighted by Crippen LogP contribution is 2.35. The van der Waals surface area contributed by atoms with E-state index in [1.165, 1.54) is 29.5 Å². The first-order chi connectivity index (χ1) is 14.7. The SMILES string of the molecule is CC(Sc1nnc(-c2cccs2)n1CCC(N)=O)C(=O)Nc1ccccc1C(F)(F)F. The fraction of sp³-hybridized carbons (Fsp3) is 0.263. The number of primary amides is 1. The van der Waals surface area contributed by atoms with Gasteiger partial charge in [0.1, 0.15) is 0 Å². The summed E-state index contributed by atoms with van der Waals surface area (Å²) in [6.45, 7) is 1.76. The van der Waals surface area contributed by atoms with Crippen molar-refractivity contribution in [3.63, 3.8) is 0 Å². The van der Waals surface area contributed by atoms with Crippen molar-refractivity contribution in [3.8, 4) is 10.7 Å². The number of thioether (sulfide) groups is 1. The van der Waals surface area contributed by atoms with Gasteiger partial charge in [0.25, 0.3) is 0 Å². The van der Waals surface area contributed by atoms with Gasteiger partial charge in [0.15, 0.2) is 11.0 Å². The number of thiophene rings is 1. The van der Waals surface area contributed by atoms with E-state index in [1.54, 1.807) is 11.5 Å². The number of amides is 2. The van der Waals surface area contributed by atoms with Gasteiger partial charge >= 0.3 is 6.18 Å². The van der Waals surface area contributed by atoms with E-state index in [4.69, 9.17) is 5.73 Å². The van der Waals surface area contributed by atoms with Crippen molar-refractivity contribution < 1.29 is 22.8 Å². The molecule has 1 unspecified atom stereocenters. The van der Waals surface area contributed by atoms with Crippen LogP contribution in [0.1, 0.15) is 18.9 Å². The maximum absolute atomic E-state index is 13.2. The van der Waals surface area contributed by atoms with E-state index in [2.05, 4.69) is 15.5 Å². The van der Waals surface area contributed by atoms with Gasteiger partial charge in [-0.15, -0.1) is 21.5 Å². The molecule has 1 atom stereocenters. The van der Waals surface area contributed by atoms with Crippen molar-refractivity contribution in [2.75, 3.05) is 5.32 Å². The summed E-state index contributed by atoms with van der Waals surface area (Å²) < 4.78 is 41.2. The molecule has 0 aliphatic carbocycles. The van der Waals surface area contributed by atoms with Crippen LogP contribution in [-0.4, -0.2) is 31.8 Å². The van der Waals surface area contributed by atoms with Crippen LogP contribution in [0.3, 0.4) is 0 Å². The Kier molecular flexibility index (Phi) is 7.01. The van der Waals surface area contributed by atoms with Crippen LogP contribution in [0.4, 0.5) is 18.9 Å². The van der Waals surface area contributed by atoms with E-state index in [1.807, 2.05) is 17.5 Å². The molecule has 0 fully saturated rings. The van der Waals surface area contributed by atoms with E-state index in [0.717, 1.165) is 22.7 Å². The van der Waals surface area contributed by atoms with Gasteiger partial charge in [0.2, 0.25) is 11.8 Å². The molecule has 0 spiro atoms. The minimum Gasteiger partial charge on any atom is -0.370 e. The van der Waals surface area contributed by atoms with Crippen LogP contribution in [0.15, 0.2) is 46.9 Å². The van der Waals surface area contributed by atoms with Crippen LogP contribution < -0.4 is 11.1 Å². The Bertz CT molecular complexity index is 1070. The Hall–Kier alpha value is -2.86. The first kappa shape index (κ1) is 22.8. The number of carbonyl (C=O) groups is 2. The average molecular weight is 470 g/mol. The lowest BCUT2D eigenvalue weighted by Crippen LogP contribution is -2.25. The number of alkyl halides is 3. The first-order valence-corrected chi connectivity index (χ1v) is 10.8. The summed E-state index contributed by atoms with van der Waals surface area (Å²) in [6.07, 6.45) is -4.55. The fourth-order valence-electron chi connectivity index (χ4n) is 2.67. The van der Waals surface area contributed by atoms with E-state index in [9.17, 15) is 22.8 Å². The molecule has 0 bridgehead atoms. The quantitative estimate of drug-likeness (QED) is 0.485. The number of aromatic nitrogens is 3. The summed E-state index contributed by atoms with van der Waals surface area (Å²) in [5.41, 5.74) is 4.02. The van der Waals surface area contributed by atoms with Crippen LogP contribution in [-0.2, 0) is 22.3 Å². The molecule has 3 N–H and O–H groups in total. The minimum atomic E-state index is -4.59. The fourth-order valence-corrected chi connectivity index (χ4v) is 4.27. The lowest BCUT2D eigenvalue weighted by molar-refractivity contribution is -0.137. The normalized spacial score (nSPS) is 12.5. The number of rotatable bonds is 8. The highest BCUT2D eigenvalue weighted by atomic mass is 32.2. The molecule has 0 saturated carbocycles. The average Bonchev–Trinajstić information content (AvgIpc) is 3.35. The molecule has 7 nitrogen and oxygen atoms in total. The number of para-hydroxylation sites is 1. The molecule has 3 rings (SSSR count). The Morgan fingerprint density at radius 2 is 1.97 bits per heavy atom. The molecule has 0 radical (unpaired) electrons. The second-order valence-corrected chi connectivity index (χ2v) is 8.70. The summed E-state index contributed by atoms with van der Waals surface area (Å²) in [5.74, 6) is -0.603. The first-order valence-electron chi connectivity index (χ1n) is 9.06. The molecule has 3 aromatic rings. The lowest BCUT2D eigenvalue weighted by atomic mass is 10.1. The highest BCUT2D eigenvalue weighted by molar-refractivity contribution is 8.00. The largest absolute Gasteiger partial charge is 0.418 e. The number of nitrogens with zero attached hydrogens (tertiary/aromatic N) is 3. The molecule has 2 aromatic heterocycles. The third kappa shape index (κ3) is 5.64. The predicted octanol–water partition coefficient (Wildman–Crippen LogP) is 4.02. The van der Waals surface area contributed by atoms with Crippen LogP contribution in [0.2, 0.25) is 0 Å². The Morgan fingerprint density at radius 3 is 2.61 bits per heavy atom. The number of hydrogen-bond donors (Lipinski definition) is 2. The molecular weight excluding hydrogens is 451 g/mol. The number of halogens is 3. The van der Waals surface area contributed by atoms with Crippen LogP contribution in [0.25, 0.3) is 10.7 Å². The third-order valence-corrected chi connectivity index (χ3v) is 6.13. The molecule has 12 heteroatoms. The van der Waals surface area contributed by atoms with Crippen molar-refractivity contribution in [1.82, 2.24) is 14.8 Å². The smallest absolute Gasteiger partial charge is 0.370 e. The summed E-state index contributed by atoms with van der Waals surface area (Å²) in [5, 5.41) is 12.0. The molecular formula is C19H18F3N5O2S2. The van der Waals surface area contributed by atoms with E-state index in [0.29, 0.717) is 11.0 Å². The van der Waals surface area contributed by atoms with Gasteiger partial charge in [0.05, 0.1) is 21.4 Å². The maximum Gasteiger partial charge on any atom is 0.418 e. The summed E-state index contributed by atoms with van der Waals surface area (Å²) in [7, 11) is 0. The molecule has 31 heavy (non-hydrogen) atoms. The number of hydrogen-bond acceptors (Lipinski definition) is 6. The van der Waals surface area contributed by atoms with Gasteiger partial charge < -0.3 is 15.6 Å². The van der Waals surface area contributed by atoms with E-state index in [-0.39, 0.29) is 18.7 Å². The molecule has 2 heterocycles. The number of nitrogens with one attached hydrogen (secondary N) is 1.